The second-order valence-corrected chi connectivity index (χ2v) is 6.62. The molecule has 2 rings (SSSR count). The first kappa shape index (κ1) is 14.6. The molecule has 0 aliphatic heterocycles. The van der Waals surface area contributed by atoms with Gasteiger partial charge in [-0.2, -0.15) is 0 Å². The largest absolute Gasteiger partial charge is 0.494 e. The zero-order valence-corrected chi connectivity index (χ0v) is 13.8. The number of halogens is 1. The SMILES string of the molecule is CCOc1ccc(C(N)c2cc(C)c(C)s2)c(Br)c1. The second kappa shape index (κ2) is 6.07. The van der Waals surface area contributed by atoms with Gasteiger partial charge in [0.1, 0.15) is 5.75 Å². The summed E-state index contributed by atoms with van der Waals surface area (Å²) in [4.78, 5) is 2.52. The van der Waals surface area contributed by atoms with Gasteiger partial charge in [0, 0.05) is 14.2 Å². The Balaban J connectivity index is 2.30. The summed E-state index contributed by atoms with van der Waals surface area (Å²) >= 11 is 5.35. The molecule has 0 amide bonds. The lowest BCUT2D eigenvalue weighted by molar-refractivity contribution is 0.340. The fourth-order valence-corrected chi connectivity index (χ4v) is 3.59. The van der Waals surface area contributed by atoms with Crippen molar-refractivity contribution in [3.63, 3.8) is 0 Å². The maximum Gasteiger partial charge on any atom is 0.120 e. The van der Waals surface area contributed by atoms with E-state index < -0.39 is 0 Å². The van der Waals surface area contributed by atoms with Gasteiger partial charge in [0.05, 0.1) is 12.6 Å². The topological polar surface area (TPSA) is 35.2 Å². The lowest BCUT2D eigenvalue weighted by Gasteiger charge is -2.13. The van der Waals surface area contributed by atoms with Crippen molar-refractivity contribution >= 4 is 27.3 Å². The van der Waals surface area contributed by atoms with Crippen LogP contribution < -0.4 is 10.5 Å². The maximum absolute atomic E-state index is 6.36. The van der Waals surface area contributed by atoms with Crippen molar-refractivity contribution in [2.24, 2.45) is 5.73 Å². The van der Waals surface area contributed by atoms with Gasteiger partial charge >= 0.3 is 0 Å². The quantitative estimate of drug-likeness (QED) is 0.885. The van der Waals surface area contributed by atoms with Crippen molar-refractivity contribution in [2.45, 2.75) is 26.8 Å². The third-order valence-corrected chi connectivity index (χ3v) is 5.03. The van der Waals surface area contributed by atoms with Crippen LogP contribution in [0.15, 0.2) is 28.7 Å². The Kier molecular flexibility index (Phi) is 4.66. The fourth-order valence-electron chi connectivity index (χ4n) is 1.92. The van der Waals surface area contributed by atoms with Gasteiger partial charge in [0.15, 0.2) is 0 Å². The molecule has 0 aliphatic carbocycles. The van der Waals surface area contributed by atoms with Crippen molar-refractivity contribution < 1.29 is 4.74 Å². The summed E-state index contributed by atoms with van der Waals surface area (Å²) in [5.41, 5.74) is 8.75. The smallest absolute Gasteiger partial charge is 0.120 e. The van der Waals surface area contributed by atoms with E-state index in [0.29, 0.717) is 6.61 Å². The molecule has 0 spiro atoms. The molecule has 2 nitrogen and oxygen atoms in total. The van der Waals surface area contributed by atoms with Crippen LogP contribution in [0.1, 0.15) is 33.8 Å². The van der Waals surface area contributed by atoms with Crippen LogP contribution in [0.25, 0.3) is 0 Å². The predicted octanol–water partition coefficient (Wildman–Crippen LogP) is 4.57. The maximum atomic E-state index is 6.36. The van der Waals surface area contributed by atoms with Gasteiger partial charge in [-0.3, -0.25) is 0 Å². The summed E-state index contributed by atoms with van der Waals surface area (Å²) < 4.78 is 6.48. The molecule has 1 atom stereocenters. The summed E-state index contributed by atoms with van der Waals surface area (Å²) in [7, 11) is 0. The van der Waals surface area contributed by atoms with E-state index in [1.165, 1.54) is 15.3 Å². The van der Waals surface area contributed by atoms with Gasteiger partial charge in [0.2, 0.25) is 0 Å². The fraction of sp³-hybridized carbons (Fsp3) is 0.333. The van der Waals surface area contributed by atoms with Crippen molar-refractivity contribution in [1.29, 1.82) is 0 Å². The minimum absolute atomic E-state index is 0.0950. The highest BCUT2D eigenvalue weighted by molar-refractivity contribution is 9.10. The molecule has 2 aromatic rings. The monoisotopic (exact) mass is 339 g/mol. The van der Waals surface area contributed by atoms with E-state index >= 15 is 0 Å². The molecule has 102 valence electrons. The standard InChI is InChI=1S/C15H18BrNOS/c1-4-18-11-5-6-12(13(16)8-11)15(17)14-7-9(2)10(3)19-14/h5-8,15H,4,17H2,1-3H3. The first-order valence-electron chi connectivity index (χ1n) is 6.27. The van der Waals surface area contributed by atoms with E-state index in [1.54, 1.807) is 11.3 Å². The van der Waals surface area contributed by atoms with Crippen LogP contribution in [0.2, 0.25) is 0 Å². The van der Waals surface area contributed by atoms with Crippen LogP contribution in [0, 0.1) is 13.8 Å². The number of aryl methyl sites for hydroxylation is 2. The van der Waals surface area contributed by atoms with Crippen molar-refractivity contribution in [3.05, 3.63) is 49.6 Å². The summed E-state index contributed by atoms with van der Waals surface area (Å²) in [6, 6.07) is 8.06. The number of hydrogen-bond acceptors (Lipinski definition) is 3. The number of nitrogens with two attached hydrogens (primary N) is 1. The Morgan fingerprint density at radius 3 is 2.58 bits per heavy atom. The Hall–Kier alpha value is -0.840. The van der Waals surface area contributed by atoms with Crippen LogP contribution in [0.4, 0.5) is 0 Å². The van der Waals surface area contributed by atoms with E-state index in [9.17, 15) is 0 Å². The zero-order chi connectivity index (χ0) is 14.0. The molecule has 0 saturated carbocycles. The lowest BCUT2D eigenvalue weighted by atomic mass is 10.1. The van der Waals surface area contributed by atoms with Gasteiger partial charge in [0.25, 0.3) is 0 Å². The zero-order valence-electron chi connectivity index (χ0n) is 11.4. The number of rotatable bonds is 4. The predicted molar refractivity (Wildman–Crippen MR) is 85.1 cm³/mol. The van der Waals surface area contributed by atoms with Crippen molar-refractivity contribution in [2.75, 3.05) is 6.61 Å². The first-order valence-corrected chi connectivity index (χ1v) is 7.88. The summed E-state index contributed by atoms with van der Waals surface area (Å²) in [5, 5.41) is 0. The third-order valence-electron chi connectivity index (χ3n) is 3.11. The molecule has 0 fully saturated rings. The summed E-state index contributed by atoms with van der Waals surface area (Å²) in [5.74, 6) is 0.865. The molecule has 0 bridgehead atoms. The van der Waals surface area contributed by atoms with Gasteiger partial charge < -0.3 is 10.5 Å². The van der Waals surface area contributed by atoms with Crippen LogP contribution >= 0.6 is 27.3 Å². The van der Waals surface area contributed by atoms with Crippen LogP contribution in [-0.2, 0) is 0 Å². The van der Waals surface area contributed by atoms with Crippen molar-refractivity contribution in [1.82, 2.24) is 0 Å². The minimum Gasteiger partial charge on any atom is -0.494 e. The molecule has 1 aromatic heterocycles. The van der Waals surface area contributed by atoms with Gasteiger partial charge in [-0.25, -0.2) is 0 Å². The van der Waals surface area contributed by atoms with E-state index in [1.807, 2.05) is 25.1 Å². The highest BCUT2D eigenvalue weighted by atomic mass is 79.9. The normalized spacial score (nSPS) is 12.5. The van der Waals surface area contributed by atoms with Crippen LogP contribution in [-0.4, -0.2) is 6.61 Å². The first-order chi connectivity index (χ1) is 9.02. The molecule has 1 heterocycles. The van der Waals surface area contributed by atoms with Gasteiger partial charge in [-0.05, 0) is 50.1 Å². The highest BCUT2D eigenvalue weighted by Crippen LogP contribution is 2.34. The molecular weight excluding hydrogens is 322 g/mol. The van der Waals surface area contributed by atoms with Gasteiger partial charge in [-0.1, -0.05) is 22.0 Å². The van der Waals surface area contributed by atoms with E-state index in [4.69, 9.17) is 10.5 Å². The Labute approximate surface area is 126 Å². The average molecular weight is 340 g/mol. The molecule has 2 N–H and O–H groups in total. The molecular formula is C15H18BrNOS. The molecule has 19 heavy (non-hydrogen) atoms. The molecule has 1 unspecified atom stereocenters. The molecule has 0 radical (unpaired) electrons. The van der Waals surface area contributed by atoms with Crippen LogP contribution in [0.3, 0.4) is 0 Å². The van der Waals surface area contributed by atoms with E-state index in [2.05, 4.69) is 35.8 Å². The molecule has 4 heteroatoms. The van der Waals surface area contributed by atoms with Crippen LogP contribution in [0.5, 0.6) is 5.75 Å². The number of ether oxygens (including phenoxy) is 1. The lowest BCUT2D eigenvalue weighted by Crippen LogP contribution is -2.11. The number of hydrogen-bond donors (Lipinski definition) is 1. The Bertz CT molecular complexity index is 560. The second-order valence-electron chi connectivity index (χ2n) is 4.48. The van der Waals surface area contributed by atoms with E-state index in [0.717, 1.165) is 15.8 Å². The molecule has 0 aliphatic rings. The Morgan fingerprint density at radius 2 is 2.05 bits per heavy atom. The van der Waals surface area contributed by atoms with E-state index in [-0.39, 0.29) is 6.04 Å². The number of benzene rings is 1. The summed E-state index contributed by atoms with van der Waals surface area (Å²) in [6.07, 6.45) is 0. The highest BCUT2D eigenvalue weighted by Gasteiger charge is 2.15. The Morgan fingerprint density at radius 1 is 1.32 bits per heavy atom. The third kappa shape index (κ3) is 3.19. The van der Waals surface area contributed by atoms with Crippen molar-refractivity contribution in [3.8, 4) is 5.75 Å². The summed E-state index contributed by atoms with van der Waals surface area (Å²) in [6.45, 7) is 6.89. The average Bonchev–Trinajstić information content (AvgIpc) is 2.69. The number of thiophene rings is 1. The minimum atomic E-state index is -0.0950. The molecule has 1 aromatic carbocycles. The molecule has 0 saturated heterocycles. The van der Waals surface area contributed by atoms with Gasteiger partial charge in [-0.15, -0.1) is 11.3 Å².